The van der Waals surface area contributed by atoms with E-state index in [1.54, 1.807) is 0 Å². The Balaban J connectivity index is 1.36. The van der Waals surface area contributed by atoms with Crippen LogP contribution in [0, 0.1) is 0 Å². The maximum absolute atomic E-state index is 14.3. The molecule has 3 aliphatic rings. The molecule has 0 saturated heterocycles. The number of hydrogen-bond donors (Lipinski definition) is 5. The van der Waals surface area contributed by atoms with Crippen LogP contribution in [0.25, 0.3) is 11.1 Å². The number of benzene rings is 2. The van der Waals surface area contributed by atoms with Gasteiger partial charge in [0.1, 0.15) is 18.8 Å². The van der Waals surface area contributed by atoms with Gasteiger partial charge in [0.05, 0.1) is 34.0 Å². The van der Waals surface area contributed by atoms with Crippen LogP contribution in [0.1, 0.15) is 134 Å². The van der Waals surface area contributed by atoms with Gasteiger partial charge in [0.2, 0.25) is 43.0 Å². The first-order chi connectivity index (χ1) is 29.7. The van der Waals surface area contributed by atoms with Crippen molar-refractivity contribution in [1.29, 1.82) is 0 Å². The van der Waals surface area contributed by atoms with Crippen LogP contribution in [0.4, 0.5) is 17.1 Å². The number of sulfonamides is 2. The van der Waals surface area contributed by atoms with Crippen molar-refractivity contribution in [2.45, 2.75) is 130 Å². The Labute approximate surface area is 368 Å². The van der Waals surface area contributed by atoms with Crippen molar-refractivity contribution >= 4 is 65.9 Å². The van der Waals surface area contributed by atoms with E-state index in [0.717, 1.165) is 113 Å². The minimum Gasteiger partial charge on any atom is -0.506 e. The molecule has 5 rings (SSSR count). The Morgan fingerprint density at radius 3 is 1.81 bits per heavy atom. The highest BCUT2D eigenvalue weighted by atomic mass is 32.2. The Hall–Kier alpha value is -4.12. The summed E-state index contributed by atoms with van der Waals surface area (Å²) in [6.07, 6.45) is 12.6. The lowest BCUT2D eigenvalue weighted by Crippen LogP contribution is -2.34. The Morgan fingerprint density at radius 2 is 1.26 bits per heavy atom. The molecule has 0 radical (unpaired) electrons. The average molecular weight is 898 g/mol. The highest BCUT2D eigenvalue weighted by Crippen LogP contribution is 2.43. The Bertz CT molecular complexity index is 2340. The van der Waals surface area contributed by atoms with Crippen LogP contribution >= 0.6 is 0 Å². The van der Waals surface area contributed by atoms with E-state index in [1.165, 1.54) is 0 Å². The molecule has 2 aromatic rings. The highest BCUT2D eigenvalue weighted by Gasteiger charge is 2.39. The molecule has 5 N–H and O–H groups in total. The van der Waals surface area contributed by atoms with E-state index in [2.05, 4.69) is 43.4 Å². The Morgan fingerprint density at radius 1 is 0.694 bits per heavy atom. The third kappa shape index (κ3) is 13.0. The highest BCUT2D eigenvalue weighted by molar-refractivity contribution is 7.89. The third-order valence-corrected chi connectivity index (χ3v) is 15.0. The standard InChI is InChI=1S/C46H68N6O8S2/c1-5-9-11-13-15-17-27-61(57,58)47-23-19-41(53)49-37-31-39-33(21-25-51(39)7-3)29-35(37)43-45(55)44(46(43)56)36-30-34-22-26-52(8-4)40(34)32-38(36)50-42(54)20-24-48-62(59,60)28-18-16-14-12-10-6-2/h29-32,47-48H,5-28H2,1-4H3,(H2,49,50,53,54,55,56)/p+1. The summed E-state index contributed by atoms with van der Waals surface area (Å²) in [5, 5.41) is 18.9. The fourth-order valence-electron chi connectivity index (χ4n) is 8.54. The maximum atomic E-state index is 14.3. The number of aliphatic hydroxyl groups is 1. The van der Waals surface area contributed by atoms with E-state index in [4.69, 9.17) is 0 Å². The SMILES string of the molecule is CCCCCCCCS(=O)(=O)NCCC(=O)Nc1cc2c(cc1C1=C(O)/C(=c3/cc4c(cc3NC(=O)CCNS(=O)(=O)CCCCCCCC)=[N+](CC)CC4)C1=O)CCN2CC. The molecule has 342 valence electrons. The number of nitrogens with zero attached hydrogens (tertiary/aromatic N) is 2. The van der Waals surface area contributed by atoms with E-state index in [9.17, 15) is 36.3 Å². The molecule has 0 atom stereocenters. The number of aliphatic hydroxyl groups excluding tert-OH is 1. The van der Waals surface area contributed by atoms with Crippen LogP contribution in [-0.4, -0.2) is 90.3 Å². The van der Waals surface area contributed by atoms with Gasteiger partial charge in [0, 0.05) is 73.5 Å². The maximum Gasteiger partial charge on any atom is 0.225 e. The smallest absolute Gasteiger partial charge is 0.225 e. The number of unbranched alkanes of at least 4 members (excludes halogenated alkanes) is 10. The summed E-state index contributed by atoms with van der Waals surface area (Å²) in [6.45, 7) is 11.2. The van der Waals surface area contributed by atoms with Gasteiger partial charge in [-0.1, -0.05) is 78.1 Å². The second kappa shape index (κ2) is 23.0. The molecule has 16 heteroatoms. The molecule has 0 aromatic heterocycles. The second-order valence-corrected chi connectivity index (χ2v) is 20.6. The summed E-state index contributed by atoms with van der Waals surface area (Å²) < 4.78 is 57.7. The third-order valence-electron chi connectivity index (χ3n) is 12.1. The van der Waals surface area contributed by atoms with Gasteiger partial charge in [0.25, 0.3) is 0 Å². The van der Waals surface area contributed by atoms with Gasteiger partial charge in [-0.2, -0.15) is 0 Å². The lowest BCUT2D eigenvalue weighted by Gasteiger charge is -2.26. The summed E-state index contributed by atoms with van der Waals surface area (Å²) in [5.41, 5.74) is 3.96. The van der Waals surface area contributed by atoms with E-state index in [1.807, 2.05) is 38.1 Å². The Kier molecular flexibility index (Phi) is 18.1. The fraction of sp³-hybridized carbons (Fsp3) is 0.609. The zero-order valence-electron chi connectivity index (χ0n) is 37.3. The lowest BCUT2D eigenvalue weighted by molar-refractivity contribution is -0.116. The van der Waals surface area contributed by atoms with Crippen molar-refractivity contribution < 1.29 is 36.3 Å². The first kappa shape index (κ1) is 48.9. The molecular weight excluding hydrogens is 829 g/mol. The van der Waals surface area contributed by atoms with Crippen LogP contribution in [0.3, 0.4) is 0 Å². The largest absolute Gasteiger partial charge is 0.506 e. The number of likely N-dealkylation sites (N-methyl/N-ethyl adjacent to an activating group) is 2. The van der Waals surface area contributed by atoms with Crippen LogP contribution in [0.2, 0.25) is 0 Å². The number of rotatable bonds is 27. The molecule has 0 unspecified atom stereocenters. The van der Waals surface area contributed by atoms with Gasteiger partial charge in [-0.25, -0.2) is 30.9 Å². The number of allylic oxidation sites excluding steroid dienone is 2. The number of carbonyl (C=O) groups excluding carboxylic acids is 3. The predicted octanol–water partition coefficient (Wildman–Crippen LogP) is 5.06. The summed E-state index contributed by atoms with van der Waals surface area (Å²) >= 11 is 0. The van der Waals surface area contributed by atoms with E-state index >= 15 is 0 Å². The minimum atomic E-state index is -3.54. The van der Waals surface area contributed by atoms with Gasteiger partial charge < -0.3 is 20.6 Å². The van der Waals surface area contributed by atoms with E-state index in [0.29, 0.717) is 47.8 Å². The number of hydrogen-bond acceptors (Lipinski definition) is 9. The van der Waals surface area contributed by atoms with E-state index < -0.39 is 37.6 Å². The number of amides is 2. The molecule has 0 spiro atoms. The van der Waals surface area contributed by atoms with Crippen molar-refractivity contribution in [2.24, 2.45) is 0 Å². The molecule has 0 fully saturated rings. The molecule has 2 aliphatic heterocycles. The summed E-state index contributed by atoms with van der Waals surface area (Å²) in [4.78, 5) is 43.2. The average Bonchev–Trinajstić information content (AvgIpc) is 3.83. The quantitative estimate of drug-likeness (QED) is 0.0603. The molecule has 1 aliphatic carbocycles. The van der Waals surface area contributed by atoms with Crippen molar-refractivity contribution in [2.75, 3.05) is 66.3 Å². The van der Waals surface area contributed by atoms with Gasteiger partial charge in [-0.3, -0.25) is 14.4 Å². The van der Waals surface area contributed by atoms with Crippen LogP contribution < -0.4 is 40.1 Å². The number of ketones is 1. The first-order valence-electron chi connectivity index (χ1n) is 23.0. The van der Waals surface area contributed by atoms with Crippen molar-refractivity contribution in [3.05, 3.63) is 57.3 Å². The van der Waals surface area contributed by atoms with Gasteiger partial charge in [-0.15, -0.1) is 0 Å². The van der Waals surface area contributed by atoms with Crippen molar-refractivity contribution in [3.63, 3.8) is 0 Å². The normalized spacial score (nSPS) is 15.8. The molecule has 2 aromatic carbocycles. The lowest BCUT2D eigenvalue weighted by atomic mass is 9.80. The predicted molar refractivity (Wildman–Crippen MR) is 249 cm³/mol. The summed E-state index contributed by atoms with van der Waals surface area (Å²) in [7, 11) is -7.09. The second-order valence-electron chi connectivity index (χ2n) is 16.7. The molecular formula is C46H69N6O8S2+. The zero-order valence-corrected chi connectivity index (χ0v) is 38.9. The monoisotopic (exact) mass is 897 g/mol. The molecule has 14 nitrogen and oxygen atoms in total. The number of carbonyl (C=O) groups is 3. The molecule has 2 amide bonds. The van der Waals surface area contributed by atoms with Crippen molar-refractivity contribution in [3.8, 4) is 0 Å². The number of nitrogens with one attached hydrogen (secondary N) is 4. The molecule has 2 heterocycles. The minimum absolute atomic E-state index is 0.00428. The number of Topliss-reactive ketones (excluding diaryl/α,β-unsaturated/α-hetero) is 1. The van der Waals surface area contributed by atoms with Crippen LogP contribution in [0.15, 0.2) is 30.0 Å². The van der Waals surface area contributed by atoms with E-state index in [-0.39, 0.29) is 54.3 Å². The fourth-order valence-corrected chi connectivity index (χ4v) is 10.8. The molecule has 62 heavy (non-hydrogen) atoms. The topological polar surface area (TPSA) is 194 Å². The van der Waals surface area contributed by atoms with Gasteiger partial charge >= 0.3 is 0 Å². The summed E-state index contributed by atoms with van der Waals surface area (Å²) in [6, 6.07) is 7.30. The van der Waals surface area contributed by atoms with Crippen LogP contribution in [0.5, 0.6) is 0 Å². The van der Waals surface area contributed by atoms with Crippen LogP contribution in [-0.2, 0) is 47.3 Å². The summed E-state index contributed by atoms with van der Waals surface area (Å²) in [5.74, 6) is -1.59. The first-order valence-corrected chi connectivity index (χ1v) is 26.3. The molecule has 0 saturated carbocycles. The zero-order chi connectivity index (χ0) is 44.9. The van der Waals surface area contributed by atoms with Crippen molar-refractivity contribution in [1.82, 2.24) is 14.0 Å². The number of anilines is 3. The molecule has 0 bridgehead atoms. The van der Waals surface area contributed by atoms with Gasteiger partial charge in [0.15, 0.2) is 0 Å². The number of fused-ring (bicyclic) bond motifs is 2. The van der Waals surface area contributed by atoms with Gasteiger partial charge in [-0.05, 0) is 56.9 Å².